The van der Waals surface area contributed by atoms with Crippen LogP contribution in [0.3, 0.4) is 0 Å². The Kier molecular flexibility index (Phi) is 5.96. The Morgan fingerprint density at radius 2 is 0.784 bits per heavy atom. The van der Waals surface area contributed by atoms with Gasteiger partial charge in [-0.2, -0.15) is 0 Å². The number of anilines is 3. The van der Waals surface area contributed by atoms with Gasteiger partial charge in [0.15, 0.2) is 0 Å². The van der Waals surface area contributed by atoms with E-state index < -0.39 is 0 Å². The minimum Gasteiger partial charge on any atom is -0.310 e. The maximum atomic E-state index is 9.61. The lowest BCUT2D eigenvalue weighted by Gasteiger charge is -2.28. The summed E-state index contributed by atoms with van der Waals surface area (Å²) in [5.41, 5.74) is 4.76. The highest BCUT2D eigenvalue weighted by Crippen LogP contribution is 2.43. The summed E-state index contributed by atoms with van der Waals surface area (Å²) in [6.07, 6.45) is 0. The summed E-state index contributed by atoms with van der Waals surface area (Å²) in [7, 11) is 0. The minimum atomic E-state index is -0.106. The van der Waals surface area contributed by atoms with Crippen molar-refractivity contribution in [2.45, 2.75) is 0 Å². The van der Waals surface area contributed by atoms with Gasteiger partial charge in [0.2, 0.25) is 0 Å². The van der Waals surface area contributed by atoms with Crippen LogP contribution < -0.4 is 4.90 Å². The molecule has 51 heavy (non-hydrogen) atoms. The van der Waals surface area contributed by atoms with E-state index in [1.165, 1.54) is 5.39 Å². The van der Waals surface area contributed by atoms with Crippen molar-refractivity contribution in [2.24, 2.45) is 0 Å². The fourth-order valence-electron chi connectivity index (χ4n) is 7.51. The van der Waals surface area contributed by atoms with Crippen molar-refractivity contribution in [3.8, 4) is 22.3 Å². The van der Waals surface area contributed by atoms with Crippen LogP contribution in [0.2, 0.25) is 0 Å². The van der Waals surface area contributed by atoms with Crippen LogP contribution in [0.25, 0.3) is 76.1 Å². The van der Waals surface area contributed by atoms with Crippen LogP contribution >= 0.6 is 0 Å². The standard InChI is InChI=1S/C50H33N/c1-2-11-38-31-39(19-17-34(38)9-1)35-21-26-43(27-22-35)51(50-33-41-12-4-6-14-46(41)48-15-7-8-16-49(48)50)44-28-23-36(24-29-44)40-25-30-47-42(32-40)20-18-37-10-3-5-13-45(37)47/h1-33H/i23D,24D,28D,29D. The molecule has 0 aromatic heterocycles. The molecule has 0 spiro atoms. The van der Waals surface area contributed by atoms with Gasteiger partial charge < -0.3 is 4.90 Å². The Bertz CT molecular complexity index is 3120. The van der Waals surface area contributed by atoms with Crippen molar-refractivity contribution >= 4 is 70.9 Å². The molecule has 1 nitrogen and oxygen atoms in total. The zero-order chi connectivity index (χ0) is 37.2. The molecule has 0 bridgehead atoms. The third kappa shape index (κ3) is 5.10. The lowest BCUT2D eigenvalue weighted by Crippen LogP contribution is -2.10. The zero-order valence-electron chi connectivity index (χ0n) is 31.7. The molecular weight excluding hydrogens is 615 g/mol. The van der Waals surface area contributed by atoms with Gasteiger partial charge >= 0.3 is 0 Å². The van der Waals surface area contributed by atoms with E-state index in [4.69, 9.17) is 0 Å². The zero-order valence-corrected chi connectivity index (χ0v) is 27.7. The van der Waals surface area contributed by atoms with Gasteiger partial charge in [-0.15, -0.1) is 0 Å². The third-order valence-electron chi connectivity index (χ3n) is 10.1. The van der Waals surface area contributed by atoms with Crippen molar-refractivity contribution < 1.29 is 5.48 Å². The average molecular weight is 652 g/mol. The largest absolute Gasteiger partial charge is 0.310 e. The first-order chi connectivity index (χ1) is 26.9. The highest BCUT2D eigenvalue weighted by atomic mass is 15.1. The molecule has 0 saturated heterocycles. The highest BCUT2D eigenvalue weighted by Gasteiger charge is 2.18. The smallest absolute Gasteiger partial charge is 0.0645 e. The second-order valence-electron chi connectivity index (χ2n) is 13.1. The molecule has 0 amide bonds. The third-order valence-corrected chi connectivity index (χ3v) is 10.1. The quantitative estimate of drug-likeness (QED) is 0.167. The number of hydrogen-bond acceptors (Lipinski definition) is 1. The van der Waals surface area contributed by atoms with E-state index >= 15 is 0 Å². The summed E-state index contributed by atoms with van der Waals surface area (Å²) < 4.78 is 38.1. The number of rotatable bonds is 5. The summed E-state index contributed by atoms with van der Waals surface area (Å²) in [5, 5.41) is 10.8. The predicted octanol–water partition coefficient (Wildman–Crippen LogP) is 14.3. The van der Waals surface area contributed by atoms with Crippen LogP contribution in [0, 0.1) is 0 Å². The molecule has 0 aliphatic rings. The molecule has 0 unspecified atom stereocenters. The molecule has 1 heteroatoms. The van der Waals surface area contributed by atoms with Crippen LogP contribution in [0.15, 0.2) is 200 Å². The fourth-order valence-corrected chi connectivity index (χ4v) is 7.51. The number of benzene rings is 10. The summed E-state index contributed by atoms with van der Waals surface area (Å²) >= 11 is 0. The Morgan fingerprint density at radius 1 is 0.294 bits per heavy atom. The molecule has 238 valence electrons. The van der Waals surface area contributed by atoms with Gasteiger partial charge in [0.1, 0.15) is 0 Å². The van der Waals surface area contributed by atoms with Crippen molar-refractivity contribution in [1.29, 1.82) is 0 Å². The normalized spacial score (nSPS) is 12.6. The Hall–Kier alpha value is -6.70. The van der Waals surface area contributed by atoms with Crippen LogP contribution in [-0.4, -0.2) is 0 Å². The second kappa shape index (κ2) is 12.0. The Balaban J connectivity index is 1.18. The van der Waals surface area contributed by atoms with Crippen LogP contribution in [-0.2, 0) is 0 Å². The summed E-state index contributed by atoms with van der Waals surface area (Å²) in [6, 6.07) is 59.4. The van der Waals surface area contributed by atoms with E-state index in [-0.39, 0.29) is 35.4 Å². The second-order valence-corrected chi connectivity index (χ2v) is 13.1. The topological polar surface area (TPSA) is 3.24 Å². The van der Waals surface area contributed by atoms with Crippen LogP contribution in [0.4, 0.5) is 17.1 Å². The predicted molar refractivity (Wildman–Crippen MR) is 220 cm³/mol. The number of fused-ring (bicyclic) bond motifs is 7. The van der Waals surface area contributed by atoms with E-state index in [2.05, 4.69) is 97.1 Å². The molecular formula is C50H33N. The molecule has 10 rings (SSSR count). The summed E-state index contributed by atoms with van der Waals surface area (Å²) in [6.45, 7) is 0. The van der Waals surface area contributed by atoms with E-state index in [0.29, 0.717) is 5.56 Å². The molecule has 0 atom stereocenters. The first-order valence-corrected chi connectivity index (χ1v) is 17.3. The van der Waals surface area contributed by atoms with Crippen molar-refractivity contribution in [1.82, 2.24) is 0 Å². The highest BCUT2D eigenvalue weighted by molar-refractivity contribution is 6.14. The molecule has 10 aromatic carbocycles. The molecule has 10 aromatic rings. The molecule has 0 N–H and O–H groups in total. The van der Waals surface area contributed by atoms with E-state index in [1.807, 2.05) is 83.8 Å². The number of hydrogen-bond donors (Lipinski definition) is 0. The molecule has 0 heterocycles. The summed E-state index contributed by atoms with van der Waals surface area (Å²) in [5.74, 6) is 0. The first kappa shape index (κ1) is 25.3. The van der Waals surface area contributed by atoms with Gasteiger partial charge in [0, 0.05) is 16.8 Å². The van der Waals surface area contributed by atoms with Gasteiger partial charge in [-0.05, 0) is 113 Å². The SMILES string of the molecule is [2H]c1c([2H])c(N(c2ccc(-c3ccc4ccccc4c3)cc2)c2cc3ccccc3c3ccccc23)c([2H])c([2H])c1-c1ccc2c(ccc3ccccc32)c1. The van der Waals surface area contributed by atoms with Gasteiger partial charge in [-0.1, -0.05) is 158 Å². The average Bonchev–Trinajstić information content (AvgIpc) is 3.24. The van der Waals surface area contributed by atoms with Gasteiger partial charge in [0.05, 0.1) is 11.2 Å². The molecule has 0 fully saturated rings. The Labute approximate surface area is 302 Å². The van der Waals surface area contributed by atoms with Gasteiger partial charge in [-0.3, -0.25) is 0 Å². The molecule has 0 aliphatic heterocycles. The van der Waals surface area contributed by atoms with Crippen molar-refractivity contribution in [3.05, 3.63) is 200 Å². The van der Waals surface area contributed by atoms with Crippen LogP contribution in [0.1, 0.15) is 5.48 Å². The van der Waals surface area contributed by atoms with E-state index in [0.717, 1.165) is 71.0 Å². The number of nitrogens with zero attached hydrogens (tertiary/aromatic N) is 1. The molecule has 0 aliphatic carbocycles. The van der Waals surface area contributed by atoms with Crippen LogP contribution in [0.5, 0.6) is 0 Å². The van der Waals surface area contributed by atoms with E-state index in [1.54, 1.807) is 0 Å². The Morgan fingerprint density at radius 3 is 1.57 bits per heavy atom. The fraction of sp³-hybridized carbons (Fsp3) is 0. The monoisotopic (exact) mass is 651 g/mol. The first-order valence-electron chi connectivity index (χ1n) is 19.3. The summed E-state index contributed by atoms with van der Waals surface area (Å²) in [4.78, 5) is 1.91. The van der Waals surface area contributed by atoms with Crippen molar-refractivity contribution in [3.63, 3.8) is 0 Å². The van der Waals surface area contributed by atoms with Gasteiger partial charge in [0.25, 0.3) is 0 Å². The maximum Gasteiger partial charge on any atom is 0.0645 e. The van der Waals surface area contributed by atoms with Crippen molar-refractivity contribution in [2.75, 3.05) is 4.90 Å². The lowest BCUT2D eigenvalue weighted by molar-refractivity contribution is 1.30. The molecule has 0 radical (unpaired) electrons. The lowest BCUT2D eigenvalue weighted by atomic mass is 9.97. The maximum absolute atomic E-state index is 9.61. The minimum absolute atomic E-state index is 0.0842. The van der Waals surface area contributed by atoms with E-state index in [9.17, 15) is 5.48 Å². The van der Waals surface area contributed by atoms with Gasteiger partial charge in [-0.25, -0.2) is 0 Å². The molecule has 0 saturated carbocycles.